The number of rotatable bonds is 5. The first-order valence-electron chi connectivity index (χ1n) is 15.7. The molecule has 4 heteroatoms. The number of hydrogen-bond acceptors (Lipinski definition) is 4. The molecule has 0 aliphatic carbocycles. The van der Waals surface area contributed by atoms with Crippen molar-refractivity contribution in [3.8, 4) is 56.4 Å². The van der Waals surface area contributed by atoms with Gasteiger partial charge in [-0.25, -0.2) is 15.0 Å². The maximum atomic E-state index is 6.40. The fourth-order valence-electron chi connectivity index (χ4n) is 6.42. The third-order valence-electron chi connectivity index (χ3n) is 8.76. The molecule has 0 aliphatic rings. The molecule has 0 N–H and O–H groups in total. The zero-order valence-electron chi connectivity index (χ0n) is 25.3. The molecule has 47 heavy (non-hydrogen) atoms. The Bertz CT molecular complexity index is 2550. The lowest BCUT2D eigenvalue weighted by Crippen LogP contribution is -2.01. The van der Waals surface area contributed by atoms with Crippen LogP contribution in [-0.4, -0.2) is 15.0 Å². The molecular weight excluding hydrogens is 574 g/mol. The van der Waals surface area contributed by atoms with Crippen molar-refractivity contribution in [2.45, 2.75) is 0 Å². The minimum atomic E-state index is 0.589. The number of nitrogens with zero attached hydrogens (tertiary/aromatic N) is 3. The predicted molar refractivity (Wildman–Crippen MR) is 192 cm³/mol. The zero-order valence-corrected chi connectivity index (χ0v) is 25.3. The topological polar surface area (TPSA) is 51.8 Å². The fraction of sp³-hybridized carbons (Fsp3) is 0. The van der Waals surface area contributed by atoms with Crippen LogP contribution in [0.2, 0.25) is 0 Å². The first kappa shape index (κ1) is 27.0. The van der Waals surface area contributed by atoms with Gasteiger partial charge in [-0.05, 0) is 51.2 Å². The van der Waals surface area contributed by atoms with Crippen LogP contribution < -0.4 is 0 Å². The van der Waals surface area contributed by atoms with Crippen LogP contribution in [0.15, 0.2) is 168 Å². The van der Waals surface area contributed by atoms with Crippen LogP contribution in [0.5, 0.6) is 0 Å². The van der Waals surface area contributed by atoms with E-state index >= 15 is 0 Å². The van der Waals surface area contributed by atoms with Gasteiger partial charge in [0.2, 0.25) is 0 Å². The standard InChI is InChI=1S/C43H27N3O/c1-3-12-28(13-4-1)29-22-24-31(25-23-29)36-26-37-34-19-9-10-21-39(34)47-40(37)27-38(36)43-45-41(32-15-5-2-6-16-32)44-42(46-43)35-20-11-17-30-14-7-8-18-33(30)35/h1-27H. The van der Waals surface area contributed by atoms with E-state index in [1.807, 2.05) is 54.6 Å². The summed E-state index contributed by atoms with van der Waals surface area (Å²) in [6, 6.07) is 56.4. The number of aromatic nitrogens is 3. The Hall–Kier alpha value is -6.39. The molecule has 0 aliphatic heterocycles. The van der Waals surface area contributed by atoms with Gasteiger partial charge in [0.1, 0.15) is 11.2 Å². The Kier molecular flexibility index (Phi) is 6.43. The highest BCUT2D eigenvalue weighted by atomic mass is 16.3. The Morgan fingerprint density at radius 3 is 1.68 bits per heavy atom. The number of hydrogen-bond donors (Lipinski definition) is 0. The third-order valence-corrected chi connectivity index (χ3v) is 8.76. The highest BCUT2D eigenvalue weighted by Crippen LogP contribution is 2.40. The molecule has 7 aromatic carbocycles. The van der Waals surface area contributed by atoms with E-state index in [0.29, 0.717) is 17.5 Å². The van der Waals surface area contributed by atoms with Crippen LogP contribution >= 0.6 is 0 Å². The molecule has 0 atom stereocenters. The Morgan fingerprint density at radius 2 is 0.894 bits per heavy atom. The zero-order chi connectivity index (χ0) is 31.2. The van der Waals surface area contributed by atoms with Gasteiger partial charge in [0.15, 0.2) is 17.5 Å². The quantitative estimate of drug-likeness (QED) is 0.197. The minimum absolute atomic E-state index is 0.589. The summed E-state index contributed by atoms with van der Waals surface area (Å²) < 4.78 is 6.40. The first-order chi connectivity index (χ1) is 23.3. The molecule has 0 bridgehead atoms. The Labute approximate surface area is 271 Å². The number of fused-ring (bicyclic) bond motifs is 4. The lowest BCUT2D eigenvalue weighted by Gasteiger charge is -2.14. The average molecular weight is 602 g/mol. The SMILES string of the molecule is c1ccc(-c2ccc(-c3cc4c(cc3-c3nc(-c5ccccc5)nc(-c5cccc6ccccc56)n3)oc3ccccc34)cc2)cc1. The molecule has 2 aromatic heterocycles. The van der Waals surface area contributed by atoms with Crippen molar-refractivity contribution in [3.05, 3.63) is 164 Å². The molecular formula is C43H27N3O. The maximum absolute atomic E-state index is 6.40. The summed E-state index contributed by atoms with van der Waals surface area (Å²) in [5.41, 5.74) is 8.85. The van der Waals surface area contributed by atoms with E-state index in [1.165, 1.54) is 5.56 Å². The summed E-state index contributed by atoms with van der Waals surface area (Å²) in [4.78, 5) is 15.4. The van der Waals surface area contributed by atoms with E-state index in [0.717, 1.165) is 66.1 Å². The predicted octanol–water partition coefficient (Wildman–Crippen LogP) is 11.3. The van der Waals surface area contributed by atoms with E-state index in [2.05, 4.69) is 109 Å². The van der Waals surface area contributed by atoms with Crippen molar-refractivity contribution in [1.82, 2.24) is 15.0 Å². The maximum Gasteiger partial charge on any atom is 0.164 e. The molecule has 0 spiro atoms. The van der Waals surface area contributed by atoms with Crippen LogP contribution in [0.1, 0.15) is 0 Å². The summed E-state index contributed by atoms with van der Waals surface area (Å²) in [5, 5.41) is 4.36. The second-order valence-corrected chi connectivity index (χ2v) is 11.6. The molecule has 2 heterocycles. The van der Waals surface area contributed by atoms with Crippen LogP contribution in [0.25, 0.3) is 89.1 Å². The summed E-state index contributed by atoms with van der Waals surface area (Å²) in [6.07, 6.45) is 0. The molecule has 4 nitrogen and oxygen atoms in total. The molecule has 0 fully saturated rings. The van der Waals surface area contributed by atoms with Crippen molar-refractivity contribution < 1.29 is 4.42 Å². The van der Waals surface area contributed by atoms with E-state index in [9.17, 15) is 0 Å². The smallest absolute Gasteiger partial charge is 0.164 e. The minimum Gasteiger partial charge on any atom is -0.456 e. The van der Waals surface area contributed by atoms with E-state index in [4.69, 9.17) is 19.4 Å². The van der Waals surface area contributed by atoms with Gasteiger partial charge in [-0.1, -0.05) is 146 Å². The van der Waals surface area contributed by atoms with Crippen molar-refractivity contribution in [1.29, 1.82) is 0 Å². The molecule has 0 unspecified atom stereocenters. The summed E-state index contributed by atoms with van der Waals surface area (Å²) in [7, 11) is 0. The molecule has 0 saturated carbocycles. The highest BCUT2D eigenvalue weighted by molar-refractivity contribution is 6.08. The summed E-state index contributed by atoms with van der Waals surface area (Å²) in [6.45, 7) is 0. The summed E-state index contributed by atoms with van der Waals surface area (Å²) in [5.74, 6) is 1.83. The number of furan rings is 1. The van der Waals surface area contributed by atoms with Crippen LogP contribution in [0.4, 0.5) is 0 Å². The van der Waals surface area contributed by atoms with Crippen LogP contribution in [0, 0.1) is 0 Å². The van der Waals surface area contributed by atoms with Crippen molar-refractivity contribution in [2.75, 3.05) is 0 Å². The molecule has 9 aromatic rings. The normalized spacial score (nSPS) is 11.4. The average Bonchev–Trinajstić information content (AvgIpc) is 3.52. The van der Waals surface area contributed by atoms with Gasteiger partial charge in [0, 0.05) is 27.5 Å². The largest absolute Gasteiger partial charge is 0.456 e. The molecule has 220 valence electrons. The summed E-state index contributed by atoms with van der Waals surface area (Å²) >= 11 is 0. The number of benzene rings is 7. The molecule has 0 amide bonds. The van der Waals surface area contributed by atoms with Crippen molar-refractivity contribution >= 4 is 32.7 Å². The monoisotopic (exact) mass is 601 g/mol. The van der Waals surface area contributed by atoms with E-state index in [1.54, 1.807) is 0 Å². The van der Waals surface area contributed by atoms with Gasteiger partial charge in [-0.15, -0.1) is 0 Å². The second kappa shape index (κ2) is 11.2. The number of para-hydroxylation sites is 1. The third kappa shape index (κ3) is 4.84. The van der Waals surface area contributed by atoms with Gasteiger partial charge in [-0.2, -0.15) is 0 Å². The van der Waals surface area contributed by atoms with Gasteiger partial charge < -0.3 is 4.42 Å². The molecule has 0 radical (unpaired) electrons. The van der Waals surface area contributed by atoms with Crippen LogP contribution in [0.3, 0.4) is 0 Å². The second-order valence-electron chi connectivity index (χ2n) is 11.6. The van der Waals surface area contributed by atoms with Crippen molar-refractivity contribution in [3.63, 3.8) is 0 Å². The van der Waals surface area contributed by atoms with Crippen molar-refractivity contribution in [2.24, 2.45) is 0 Å². The molecule has 0 saturated heterocycles. The molecule has 9 rings (SSSR count). The fourth-order valence-corrected chi connectivity index (χ4v) is 6.42. The Morgan fingerprint density at radius 1 is 0.319 bits per heavy atom. The van der Waals surface area contributed by atoms with E-state index < -0.39 is 0 Å². The first-order valence-corrected chi connectivity index (χ1v) is 15.7. The lowest BCUT2D eigenvalue weighted by atomic mass is 9.94. The van der Waals surface area contributed by atoms with Gasteiger partial charge >= 0.3 is 0 Å². The van der Waals surface area contributed by atoms with Gasteiger partial charge in [0.25, 0.3) is 0 Å². The van der Waals surface area contributed by atoms with Gasteiger partial charge in [-0.3, -0.25) is 0 Å². The Balaban J connectivity index is 1.31. The van der Waals surface area contributed by atoms with Gasteiger partial charge in [0.05, 0.1) is 0 Å². The van der Waals surface area contributed by atoms with E-state index in [-0.39, 0.29) is 0 Å². The lowest BCUT2D eigenvalue weighted by molar-refractivity contribution is 0.669. The highest BCUT2D eigenvalue weighted by Gasteiger charge is 2.20. The van der Waals surface area contributed by atoms with Crippen LogP contribution in [-0.2, 0) is 0 Å².